The van der Waals surface area contributed by atoms with Gasteiger partial charge in [0.25, 0.3) is 5.91 Å². The molecule has 1 heterocycles. The largest absolute Gasteiger partial charge is 0.508 e. The average molecular weight is 282 g/mol. The molecule has 0 aliphatic heterocycles. The molecule has 5 heteroatoms. The van der Waals surface area contributed by atoms with Gasteiger partial charge in [0.15, 0.2) is 0 Å². The van der Waals surface area contributed by atoms with Gasteiger partial charge in [0.1, 0.15) is 28.9 Å². The molecule has 1 amide bonds. The van der Waals surface area contributed by atoms with Crippen LogP contribution in [0.3, 0.4) is 0 Å². The van der Waals surface area contributed by atoms with Crippen molar-refractivity contribution in [1.29, 1.82) is 5.26 Å². The lowest BCUT2D eigenvalue weighted by Crippen LogP contribution is -2.23. The lowest BCUT2D eigenvalue weighted by atomic mass is 10.1. The second-order valence-electron chi connectivity index (χ2n) is 4.46. The van der Waals surface area contributed by atoms with Crippen molar-refractivity contribution in [2.45, 2.75) is 13.5 Å². The molecule has 0 saturated carbocycles. The number of phenolic OH excluding ortho intramolecular Hbond substituents is 1. The first-order chi connectivity index (χ1) is 10.1. The Balaban J connectivity index is 2.04. The fourth-order valence-electron chi connectivity index (χ4n) is 1.73. The van der Waals surface area contributed by atoms with E-state index in [2.05, 4.69) is 5.32 Å². The topological polar surface area (TPSA) is 86.3 Å². The van der Waals surface area contributed by atoms with Crippen LogP contribution in [-0.2, 0) is 11.3 Å². The average Bonchev–Trinajstić information content (AvgIpc) is 2.90. The first-order valence-electron chi connectivity index (χ1n) is 6.33. The lowest BCUT2D eigenvalue weighted by molar-refractivity contribution is -0.117. The summed E-state index contributed by atoms with van der Waals surface area (Å²) < 4.78 is 5.33. The summed E-state index contributed by atoms with van der Waals surface area (Å²) in [6, 6.07) is 11.7. The van der Waals surface area contributed by atoms with E-state index in [-0.39, 0.29) is 17.9 Å². The molecule has 0 unspecified atom stereocenters. The minimum absolute atomic E-state index is 0.0102. The minimum atomic E-state index is -0.473. The lowest BCUT2D eigenvalue weighted by Gasteiger charge is -2.02. The van der Waals surface area contributed by atoms with Gasteiger partial charge in [0.05, 0.1) is 6.54 Å². The van der Waals surface area contributed by atoms with E-state index in [1.165, 1.54) is 18.2 Å². The van der Waals surface area contributed by atoms with E-state index in [0.29, 0.717) is 11.3 Å². The van der Waals surface area contributed by atoms with Crippen LogP contribution in [0.25, 0.3) is 6.08 Å². The number of nitrogens with zero attached hydrogens (tertiary/aromatic N) is 1. The predicted octanol–water partition coefficient (Wildman–Crippen LogP) is 2.52. The van der Waals surface area contributed by atoms with E-state index >= 15 is 0 Å². The number of furan rings is 1. The summed E-state index contributed by atoms with van der Waals surface area (Å²) >= 11 is 0. The number of amides is 1. The Morgan fingerprint density at radius 3 is 2.62 bits per heavy atom. The van der Waals surface area contributed by atoms with Crippen LogP contribution in [0.4, 0.5) is 0 Å². The predicted molar refractivity (Wildman–Crippen MR) is 77.0 cm³/mol. The normalized spacial score (nSPS) is 11.0. The summed E-state index contributed by atoms with van der Waals surface area (Å²) in [6.45, 7) is 2.04. The maximum absolute atomic E-state index is 11.9. The molecular weight excluding hydrogens is 268 g/mol. The summed E-state index contributed by atoms with van der Waals surface area (Å²) in [5, 5.41) is 20.9. The smallest absolute Gasteiger partial charge is 0.262 e. The van der Waals surface area contributed by atoms with Crippen molar-refractivity contribution in [2.24, 2.45) is 0 Å². The van der Waals surface area contributed by atoms with Crippen molar-refractivity contribution in [1.82, 2.24) is 5.32 Å². The van der Waals surface area contributed by atoms with E-state index in [9.17, 15) is 9.90 Å². The molecule has 2 rings (SSSR count). The monoisotopic (exact) mass is 282 g/mol. The van der Waals surface area contributed by atoms with Crippen molar-refractivity contribution >= 4 is 12.0 Å². The van der Waals surface area contributed by atoms with Gasteiger partial charge in [-0.05, 0) is 42.8 Å². The molecule has 5 nitrogen and oxygen atoms in total. The van der Waals surface area contributed by atoms with Crippen LogP contribution in [0.1, 0.15) is 17.1 Å². The van der Waals surface area contributed by atoms with Gasteiger partial charge >= 0.3 is 0 Å². The minimum Gasteiger partial charge on any atom is -0.508 e. The standard InChI is InChI=1S/C16H14N2O3/c1-11-2-7-15(21-11)10-18-16(20)13(9-17)8-12-3-5-14(19)6-4-12/h2-8,19H,10H2,1H3,(H,18,20). The van der Waals surface area contributed by atoms with Crippen LogP contribution in [0, 0.1) is 18.3 Å². The summed E-state index contributed by atoms with van der Waals surface area (Å²) in [6.07, 6.45) is 1.46. The zero-order chi connectivity index (χ0) is 15.2. The van der Waals surface area contributed by atoms with Gasteiger partial charge < -0.3 is 14.8 Å². The van der Waals surface area contributed by atoms with Gasteiger partial charge in [-0.3, -0.25) is 4.79 Å². The molecule has 0 atom stereocenters. The first kappa shape index (κ1) is 14.4. The van der Waals surface area contributed by atoms with Crippen molar-refractivity contribution < 1.29 is 14.3 Å². The maximum atomic E-state index is 11.9. The molecule has 0 fully saturated rings. The Kier molecular flexibility index (Phi) is 4.42. The van der Waals surface area contributed by atoms with Crippen molar-refractivity contribution in [3.63, 3.8) is 0 Å². The molecular formula is C16H14N2O3. The maximum Gasteiger partial charge on any atom is 0.262 e. The highest BCUT2D eigenvalue weighted by molar-refractivity contribution is 6.01. The van der Waals surface area contributed by atoms with Gasteiger partial charge in [0, 0.05) is 0 Å². The summed E-state index contributed by atoms with van der Waals surface area (Å²) in [4.78, 5) is 11.9. The van der Waals surface area contributed by atoms with Crippen LogP contribution in [0.15, 0.2) is 46.4 Å². The zero-order valence-corrected chi connectivity index (χ0v) is 11.5. The molecule has 21 heavy (non-hydrogen) atoms. The van der Waals surface area contributed by atoms with Gasteiger partial charge in [-0.2, -0.15) is 5.26 Å². The highest BCUT2D eigenvalue weighted by atomic mass is 16.3. The number of benzene rings is 1. The van der Waals surface area contributed by atoms with E-state index in [0.717, 1.165) is 5.76 Å². The van der Waals surface area contributed by atoms with E-state index in [1.807, 2.05) is 13.0 Å². The molecule has 0 aliphatic carbocycles. The highest BCUT2D eigenvalue weighted by Gasteiger charge is 2.09. The molecule has 0 saturated heterocycles. The number of nitrogens with one attached hydrogen (secondary N) is 1. The number of aryl methyl sites for hydroxylation is 1. The Labute approximate surface area is 122 Å². The van der Waals surface area contributed by atoms with Crippen molar-refractivity contribution in [3.05, 3.63) is 59.1 Å². The van der Waals surface area contributed by atoms with Gasteiger partial charge in [0.2, 0.25) is 0 Å². The molecule has 0 spiro atoms. The van der Waals surface area contributed by atoms with Gasteiger partial charge in [-0.1, -0.05) is 12.1 Å². The summed E-state index contributed by atoms with van der Waals surface area (Å²) in [7, 11) is 0. The number of phenols is 1. The van der Waals surface area contributed by atoms with E-state index < -0.39 is 5.91 Å². The van der Waals surface area contributed by atoms with E-state index in [1.54, 1.807) is 24.3 Å². The van der Waals surface area contributed by atoms with Crippen LogP contribution >= 0.6 is 0 Å². The van der Waals surface area contributed by atoms with Crippen molar-refractivity contribution in [3.8, 4) is 11.8 Å². The molecule has 2 N–H and O–H groups in total. The Bertz CT molecular complexity index is 706. The van der Waals surface area contributed by atoms with E-state index in [4.69, 9.17) is 9.68 Å². The fourth-order valence-corrected chi connectivity index (χ4v) is 1.73. The number of hydrogen-bond donors (Lipinski definition) is 2. The molecule has 0 bridgehead atoms. The van der Waals surface area contributed by atoms with Gasteiger partial charge in [-0.25, -0.2) is 0 Å². The third-order valence-electron chi connectivity index (χ3n) is 2.79. The summed E-state index contributed by atoms with van der Waals surface area (Å²) in [5.41, 5.74) is 0.650. The number of aromatic hydroxyl groups is 1. The van der Waals surface area contributed by atoms with Gasteiger partial charge in [-0.15, -0.1) is 0 Å². The number of rotatable bonds is 4. The van der Waals surface area contributed by atoms with Crippen LogP contribution in [0.5, 0.6) is 5.75 Å². The molecule has 1 aromatic heterocycles. The van der Waals surface area contributed by atoms with Crippen molar-refractivity contribution in [2.75, 3.05) is 0 Å². The summed E-state index contributed by atoms with van der Waals surface area (Å²) in [5.74, 6) is 1.05. The quantitative estimate of drug-likeness (QED) is 0.666. The fraction of sp³-hybridized carbons (Fsp3) is 0.125. The van der Waals surface area contributed by atoms with Crippen LogP contribution in [-0.4, -0.2) is 11.0 Å². The number of hydrogen-bond acceptors (Lipinski definition) is 4. The molecule has 0 radical (unpaired) electrons. The van der Waals surface area contributed by atoms with Crippen LogP contribution in [0.2, 0.25) is 0 Å². The third kappa shape index (κ3) is 3.98. The Hall–Kier alpha value is -3.00. The number of nitriles is 1. The molecule has 1 aromatic carbocycles. The highest BCUT2D eigenvalue weighted by Crippen LogP contribution is 2.13. The zero-order valence-electron chi connectivity index (χ0n) is 11.5. The Morgan fingerprint density at radius 2 is 2.05 bits per heavy atom. The number of carbonyl (C=O) groups excluding carboxylic acids is 1. The molecule has 0 aliphatic rings. The van der Waals surface area contributed by atoms with Crippen LogP contribution < -0.4 is 5.32 Å². The Morgan fingerprint density at radius 1 is 1.33 bits per heavy atom. The first-order valence-corrected chi connectivity index (χ1v) is 6.33. The third-order valence-corrected chi connectivity index (χ3v) is 2.79. The second kappa shape index (κ2) is 6.44. The molecule has 106 valence electrons. The number of carbonyl (C=O) groups is 1. The SMILES string of the molecule is Cc1ccc(CNC(=O)C(C#N)=Cc2ccc(O)cc2)o1. The molecule has 2 aromatic rings. The second-order valence-corrected chi connectivity index (χ2v) is 4.46.